The Labute approximate surface area is 136 Å². The molecule has 8 heteroatoms. The molecule has 0 heterocycles. The lowest BCUT2D eigenvalue weighted by molar-refractivity contribution is -0.318. The maximum absolute atomic E-state index is 11.1. The number of carboxylic acid groups (broad SMARTS) is 3. The third-order valence-corrected chi connectivity index (χ3v) is 3.18. The van der Waals surface area contributed by atoms with E-state index >= 15 is 0 Å². The molecule has 0 aromatic heterocycles. The van der Waals surface area contributed by atoms with Crippen LogP contribution in [0.4, 0.5) is 0 Å². The van der Waals surface area contributed by atoms with Gasteiger partial charge in [0.1, 0.15) is 0 Å². The van der Waals surface area contributed by atoms with E-state index in [0.717, 1.165) is 0 Å². The first-order chi connectivity index (χ1) is 10.1. The van der Waals surface area contributed by atoms with Gasteiger partial charge in [-0.25, -0.2) is 0 Å². The van der Waals surface area contributed by atoms with Crippen LogP contribution in [0.15, 0.2) is 0 Å². The maximum atomic E-state index is 11.1. The van der Waals surface area contributed by atoms with Crippen LogP contribution in [0.2, 0.25) is 0 Å². The summed E-state index contributed by atoms with van der Waals surface area (Å²) in [6.07, 6.45) is -0.895. The van der Waals surface area contributed by atoms with Crippen molar-refractivity contribution < 1.29 is 34.5 Å². The largest absolute Gasteiger partial charge is 0.481 e. The van der Waals surface area contributed by atoms with Crippen LogP contribution in [0.25, 0.3) is 0 Å². The number of carbonyl (C=O) groups is 3. The summed E-state index contributed by atoms with van der Waals surface area (Å²) < 4.78 is 0. The minimum atomic E-state index is -1.13. The zero-order valence-electron chi connectivity index (χ0n) is 14.5. The highest BCUT2D eigenvalue weighted by Crippen LogP contribution is 2.34. The molecule has 8 nitrogen and oxygen atoms in total. The average Bonchev–Trinajstić information content (AvgIpc) is 2.19. The highest BCUT2D eigenvalue weighted by molar-refractivity contribution is 5.69. The Morgan fingerprint density at radius 2 is 1.04 bits per heavy atom. The summed E-state index contributed by atoms with van der Waals surface area (Å²) in [5.74, 6) is -3.20. The fourth-order valence-corrected chi connectivity index (χ4v) is 2.59. The zero-order chi connectivity index (χ0) is 18.6. The van der Waals surface area contributed by atoms with E-state index in [2.05, 4.69) is 0 Å². The van der Waals surface area contributed by atoms with Gasteiger partial charge in [0.05, 0.1) is 35.9 Å². The molecule has 0 amide bonds. The number of hydrogen-bond acceptors (Lipinski definition) is 5. The van der Waals surface area contributed by atoms with Gasteiger partial charge in [-0.15, -0.1) is 0 Å². The van der Waals surface area contributed by atoms with Crippen molar-refractivity contribution in [2.24, 2.45) is 0 Å². The lowest BCUT2D eigenvalue weighted by Crippen LogP contribution is -2.59. The van der Waals surface area contributed by atoms with Gasteiger partial charge in [0, 0.05) is 0 Å². The van der Waals surface area contributed by atoms with Crippen molar-refractivity contribution >= 4 is 17.9 Å². The lowest BCUT2D eigenvalue weighted by Gasteiger charge is -2.49. The second-order valence-electron chi connectivity index (χ2n) is 7.48. The number of nitrogens with zero attached hydrogens (tertiary/aromatic N) is 1. The fraction of sp³-hybridized carbons (Fsp3) is 0.800. The van der Waals surface area contributed by atoms with Crippen molar-refractivity contribution in [3.63, 3.8) is 0 Å². The molecule has 134 valence electrons. The molecule has 0 unspecified atom stereocenters. The van der Waals surface area contributed by atoms with Crippen molar-refractivity contribution in [3.8, 4) is 0 Å². The summed E-state index contributed by atoms with van der Waals surface area (Å²) in [4.78, 5) is 39.0. The van der Waals surface area contributed by atoms with Crippen LogP contribution < -0.4 is 0 Å². The number of hydroxylamine groups is 2. The van der Waals surface area contributed by atoms with Crippen LogP contribution in [0, 0.1) is 0 Å². The SMILES string of the molecule is CC(C)(CC(=O)O)ON(C(C)(C)CC(=O)O)C(C)(C)CC(=O)O. The van der Waals surface area contributed by atoms with Crippen molar-refractivity contribution in [2.45, 2.75) is 77.5 Å². The van der Waals surface area contributed by atoms with E-state index in [1.807, 2.05) is 0 Å². The summed E-state index contributed by atoms with van der Waals surface area (Å²) in [7, 11) is 0. The summed E-state index contributed by atoms with van der Waals surface area (Å²) in [6.45, 7) is 9.57. The predicted molar refractivity (Wildman–Crippen MR) is 81.9 cm³/mol. The number of aliphatic carboxylic acids is 3. The first-order valence-electron chi connectivity index (χ1n) is 7.24. The van der Waals surface area contributed by atoms with Gasteiger partial charge in [0.2, 0.25) is 0 Å². The summed E-state index contributed by atoms with van der Waals surface area (Å²) >= 11 is 0. The highest BCUT2D eigenvalue weighted by atomic mass is 16.7. The van der Waals surface area contributed by atoms with Gasteiger partial charge in [0.15, 0.2) is 0 Å². The normalized spacial score (nSPS) is 13.2. The van der Waals surface area contributed by atoms with Gasteiger partial charge in [-0.3, -0.25) is 19.2 Å². The molecule has 0 saturated carbocycles. The van der Waals surface area contributed by atoms with Crippen LogP contribution in [-0.4, -0.2) is 55.0 Å². The van der Waals surface area contributed by atoms with Gasteiger partial charge < -0.3 is 15.3 Å². The first-order valence-corrected chi connectivity index (χ1v) is 7.24. The molecule has 0 rings (SSSR count). The molecule has 0 radical (unpaired) electrons. The molecule has 0 bridgehead atoms. The standard InChI is InChI=1S/C15H27NO7/c1-13(2,7-10(17)18)16(14(3,4)8-11(19)20)23-15(5,6)9-12(21)22/h7-9H2,1-6H3,(H,17,18)(H,19,20)(H,21,22). The average molecular weight is 333 g/mol. The number of hydrogen-bond donors (Lipinski definition) is 3. The monoisotopic (exact) mass is 333 g/mol. The smallest absolute Gasteiger partial charge is 0.306 e. The molecule has 0 atom stereocenters. The molecule has 0 aliphatic heterocycles. The van der Waals surface area contributed by atoms with Gasteiger partial charge in [-0.1, -0.05) is 0 Å². The molecule has 23 heavy (non-hydrogen) atoms. The van der Waals surface area contributed by atoms with Crippen molar-refractivity contribution in [1.82, 2.24) is 5.06 Å². The Balaban J connectivity index is 5.67. The fourth-order valence-electron chi connectivity index (χ4n) is 2.59. The highest BCUT2D eigenvalue weighted by Gasteiger charge is 2.44. The Kier molecular flexibility index (Phi) is 6.74. The van der Waals surface area contributed by atoms with Crippen LogP contribution in [0.5, 0.6) is 0 Å². The second kappa shape index (κ2) is 7.27. The van der Waals surface area contributed by atoms with Gasteiger partial charge >= 0.3 is 17.9 Å². The maximum Gasteiger partial charge on any atom is 0.306 e. The summed E-state index contributed by atoms with van der Waals surface area (Å²) in [5.41, 5.74) is -3.21. The molecule has 0 aliphatic carbocycles. The summed E-state index contributed by atoms with van der Waals surface area (Å²) in [5, 5.41) is 28.5. The predicted octanol–water partition coefficient (Wildman–Crippen LogP) is 1.98. The first kappa shape index (κ1) is 21.3. The Hall–Kier alpha value is -1.67. The molecule has 0 aromatic rings. The minimum Gasteiger partial charge on any atom is -0.481 e. The van der Waals surface area contributed by atoms with Crippen molar-refractivity contribution in [3.05, 3.63) is 0 Å². The van der Waals surface area contributed by atoms with Crippen LogP contribution >= 0.6 is 0 Å². The summed E-state index contributed by atoms with van der Waals surface area (Å²) in [6, 6.07) is 0. The molecular weight excluding hydrogens is 306 g/mol. The Bertz CT molecular complexity index is 440. The van der Waals surface area contributed by atoms with Gasteiger partial charge in [-0.05, 0) is 41.5 Å². The van der Waals surface area contributed by atoms with E-state index < -0.39 is 34.6 Å². The van der Waals surface area contributed by atoms with Crippen molar-refractivity contribution in [1.29, 1.82) is 0 Å². The molecule has 0 aliphatic rings. The molecule has 0 aromatic carbocycles. The van der Waals surface area contributed by atoms with E-state index in [1.165, 1.54) is 5.06 Å². The molecular formula is C15H27NO7. The van der Waals surface area contributed by atoms with Crippen molar-refractivity contribution in [2.75, 3.05) is 0 Å². The van der Waals surface area contributed by atoms with Crippen LogP contribution in [0.1, 0.15) is 60.8 Å². The quantitative estimate of drug-likeness (QED) is 0.518. The third-order valence-electron chi connectivity index (χ3n) is 3.18. The lowest BCUT2D eigenvalue weighted by atomic mass is 9.91. The number of rotatable bonds is 10. The van der Waals surface area contributed by atoms with E-state index in [1.54, 1.807) is 41.5 Å². The second-order valence-corrected chi connectivity index (χ2v) is 7.48. The molecule has 0 spiro atoms. The van der Waals surface area contributed by atoms with E-state index in [-0.39, 0.29) is 19.3 Å². The van der Waals surface area contributed by atoms with E-state index in [9.17, 15) is 14.4 Å². The molecule has 3 N–H and O–H groups in total. The number of carboxylic acids is 3. The zero-order valence-corrected chi connectivity index (χ0v) is 14.5. The van der Waals surface area contributed by atoms with E-state index in [0.29, 0.717) is 0 Å². The minimum absolute atomic E-state index is 0.292. The Morgan fingerprint density at radius 3 is 1.30 bits per heavy atom. The van der Waals surface area contributed by atoms with Gasteiger partial charge in [0.25, 0.3) is 0 Å². The topological polar surface area (TPSA) is 124 Å². The molecule has 0 saturated heterocycles. The van der Waals surface area contributed by atoms with Crippen LogP contribution in [-0.2, 0) is 19.2 Å². The molecule has 0 fully saturated rings. The Morgan fingerprint density at radius 1 is 0.739 bits per heavy atom. The van der Waals surface area contributed by atoms with Gasteiger partial charge in [-0.2, -0.15) is 5.06 Å². The third kappa shape index (κ3) is 7.43. The van der Waals surface area contributed by atoms with E-state index in [4.69, 9.17) is 20.2 Å². The van der Waals surface area contributed by atoms with Crippen LogP contribution in [0.3, 0.4) is 0 Å².